The third kappa shape index (κ3) is 12.8. The number of hydrogen-bond donors (Lipinski definition) is 1. The van der Waals surface area contributed by atoms with Crippen LogP contribution in [0.25, 0.3) is 5.73 Å². The fourth-order valence-corrected chi connectivity index (χ4v) is 0. The molecule has 0 unspecified atom stereocenters. The first kappa shape index (κ1) is 9.06. The molecule has 1 radical (unpaired) electrons. The normalized spacial score (nSPS) is 6.00. The van der Waals surface area contributed by atoms with Crippen molar-refractivity contribution in [3.8, 4) is 0 Å². The molecule has 5 heavy (non-hydrogen) atoms. The van der Waals surface area contributed by atoms with Gasteiger partial charge in [-0.2, -0.15) is 0 Å². The van der Waals surface area contributed by atoms with E-state index in [-0.39, 0.29) is 29.9 Å². The Morgan fingerprint density at radius 2 is 1.80 bits per heavy atom. The summed E-state index contributed by atoms with van der Waals surface area (Å²) in [5.74, 6) is 0. The second kappa shape index (κ2) is 8.83. The predicted molar refractivity (Wildman–Crippen MR) is 16.3 cm³/mol. The van der Waals surface area contributed by atoms with E-state index in [9.17, 15) is 0 Å². The van der Waals surface area contributed by atoms with Crippen LogP contribution in [0.3, 0.4) is 0 Å². The minimum Gasteiger partial charge on any atom is -0.676 e. The summed E-state index contributed by atoms with van der Waals surface area (Å²) in [6, 6.07) is 0. The molecule has 0 spiro atoms. The van der Waals surface area contributed by atoms with Gasteiger partial charge in [0.1, 0.15) is 0 Å². The van der Waals surface area contributed by atoms with E-state index in [2.05, 4.69) is 0 Å². The molecule has 0 aliphatic rings. The summed E-state index contributed by atoms with van der Waals surface area (Å²) in [6.07, 6.45) is 0. The molecule has 0 saturated carbocycles. The molecule has 0 aromatic rings. The Morgan fingerprint density at radius 1 is 1.60 bits per heavy atom. The van der Waals surface area contributed by atoms with Crippen molar-refractivity contribution in [2.45, 2.75) is 0 Å². The summed E-state index contributed by atoms with van der Waals surface area (Å²) < 4.78 is 0. The van der Waals surface area contributed by atoms with Crippen LogP contribution in [0, 0.1) is 0 Å². The Bertz CT molecular complexity index is 11.6. The van der Waals surface area contributed by atoms with Gasteiger partial charge in [-0.25, -0.2) is 0 Å². The zero-order valence-corrected chi connectivity index (χ0v) is 3.74. The maximum atomic E-state index is 7.69. The average Bonchev–Trinajstić information content (AvgIpc) is 1.37. The first-order valence-corrected chi connectivity index (χ1v) is 1.17. The molecule has 0 atom stereocenters. The summed E-state index contributed by atoms with van der Waals surface area (Å²) >= 11 is 0. The van der Waals surface area contributed by atoms with Gasteiger partial charge in [0.15, 0.2) is 0 Å². The maximum absolute atomic E-state index is 7.69. The Hall–Kier alpha value is 0.426. The third-order valence-corrected chi connectivity index (χ3v) is 0.112. The molecule has 2 nitrogen and oxygen atoms in total. The van der Waals surface area contributed by atoms with Crippen LogP contribution in [0.1, 0.15) is 0 Å². The quantitative estimate of drug-likeness (QED) is 0.519. The first-order valence-electron chi connectivity index (χ1n) is 1.17. The van der Waals surface area contributed by atoms with Gasteiger partial charge in [-0.1, -0.05) is 0 Å². The Balaban J connectivity index is 0. The van der Waals surface area contributed by atoms with Crippen LogP contribution < -0.4 is 0 Å². The second-order valence-corrected chi connectivity index (χ2v) is 0.474. The topological polar surface area (TPSA) is 44.0 Å². The molecule has 0 aromatic heterocycles. The van der Waals surface area contributed by atoms with Gasteiger partial charge in [0, 0.05) is 23.4 Å². The van der Waals surface area contributed by atoms with Crippen LogP contribution >= 0.6 is 0 Å². The SMILES string of the molecule is [Co].[NH-]CCO. The molecule has 0 amide bonds. The minimum atomic E-state index is -0.0139. The van der Waals surface area contributed by atoms with E-state index in [1.807, 2.05) is 0 Å². The summed E-state index contributed by atoms with van der Waals surface area (Å²) in [7, 11) is 0. The Morgan fingerprint density at radius 3 is 1.80 bits per heavy atom. The summed E-state index contributed by atoms with van der Waals surface area (Å²) in [6.45, 7) is 0.111. The maximum Gasteiger partial charge on any atom is 0.0241 e. The van der Waals surface area contributed by atoms with E-state index in [1.54, 1.807) is 0 Å². The van der Waals surface area contributed by atoms with Gasteiger partial charge in [-0.3, -0.25) is 0 Å². The molecule has 35 valence electrons. The number of rotatable bonds is 1. The van der Waals surface area contributed by atoms with Crippen molar-refractivity contribution >= 4 is 0 Å². The molecule has 0 rings (SSSR count). The van der Waals surface area contributed by atoms with Gasteiger partial charge in [0.25, 0.3) is 0 Å². The van der Waals surface area contributed by atoms with E-state index in [0.29, 0.717) is 0 Å². The van der Waals surface area contributed by atoms with E-state index in [0.717, 1.165) is 0 Å². The van der Waals surface area contributed by atoms with Crippen LogP contribution in [-0.2, 0) is 16.8 Å². The van der Waals surface area contributed by atoms with Crippen LogP contribution in [0.5, 0.6) is 0 Å². The molecule has 0 aromatic carbocycles. The monoisotopic (exact) mass is 119 g/mol. The third-order valence-electron chi connectivity index (χ3n) is 0.112. The number of nitrogens with one attached hydrogen (secondary N) is 1. The predicted octanol–water partition coefficient (Wildman–Crippen LogP) is 0.0284. The average molecular weight is 119 g/mol. The van der Waals surface area contributed by atoms with Crippen molar-refractivity contribution in [3.63, 3.8) is 0 Å². The van der Waals surface area contributed by atoms with Gasteiger partial charge in [0.2, 0.25) is 0 Å². The summed E-state index contributed by atoms with van der Waals surface area (Å²) in [4.78, 5) is 0. The number of hydrogen-bond acceptors (Lipinski definition) is 1. The molecule has 0 aliphatic heterocycles. The van der Waals surface area contributed by atoms with Crippen LogP contribution in [0.15, 0.2) is 0 Å². The van der Waals surface area contributed by atoms with E-state index < -0.39 is 0 Å². The zero-order valence-electron chi connectivity index (χ0n) is 2.69. The molecule has 0 bridgehead atoms. The standard InChI is InChI=1S/C2H6NO.Co/c3-1-2-4;/h3-4H,1-2H2;/q-1;. The molecule has 0 saturated heterocycles. The van der Waals surface area contributed by atoms with Gasteiger partial charge >= 0.3 is 0 Å². The van der Waals surface area contributed by atoms with Crippen molar-refractivity contribution in [2.24, 2.45) is 0 Å². The largest absolute Gasteiger partial charge is 0.676 e. The van der Waals surface area contributed by atoms with Crippen LogP contribution in [0.2, 0.25) is 0 Å². The molecule has 3 heteroatoms. The summed E-state index contributed by atoms with van der Waals surface area (Å²) in [5, 5.41) is 7.69. The van der Waals surface area contributed by atoms with E-state index >= 15 is 0 Å². The fraction of sp³-hybridized carbons (Fsp3) is 1.00. The van der Waals surface area contributed by atoms with Crippen molar-refractivity contribution in [2.75, 3.05) is 13.2 Å². The van der Waals surface area contributed by atoms with Gasteiger partial charge < -0.3 is 10.8 Å². The van der Waals surface area contributed by atoms with Crippen molar-refractivity contribution in [1.82, 2.24) is 0 Å². The van der Waals surface area contributed by atoms with Crippen LogP contribution in [0.4, 0.5) is 0 Å². The van der Waals surface area contributed by atoms with E-state index in [4.69, 9.17) is 10.8 Å². The fourth-order valence-electron chi connectivity index (χ4n) is 0. The van der Waals surface area contributed by atoms with Crippen molar-refractivity contribution in [1.29, 1.82) is 0 Å². The molecular weight excluding hydrogens is 113 g/mol. The zero-order chi connectivity index (χ0) is 3.41. The second-order valence-electron chi connectivity index (χ2n) is 0.474. The molecular formula is C2H6CoNO-. The summed E-state index contributed by atoms with van der Waals surface area (Å²) in [5.41, 5.74) is 6.20. The van der Waals surface area contributed by atoms with Crippen molar-refractivity contribution in [3.05, 3.63) is 5.73 Å². The first-order chi connectivity index (χ1) is 1.91. The van der Waals surface area contributed by atoms with Gasteiger partial charge in [-0.15, -0.1) is 6.54 Å². The van der Waals surface area contributed by atoms with Crippen LogP contribution in [-0.4, -0.2) is 18.3 Å². The van der Waals surface area contributed by atoms with Gasteiger partial charge in [-0.05, 0) is 0 Å². The molecule has 2 N–H and O–H groups in total. The number of aliphatic hydroxyl groups excluding tert-OH is 1. The smallest absolute Gasteiger partial charge is 0.0241 e. The molecule has 0 heterocycles. The molecule has 0 aliphatic carbocycles. The van der Waals surface area contributed by atoms with Gasteiger partial charge in [0.05, 0.1) is 0 Å². The Kier molecular flexibility index (Phi) is 16.0. The van der Waals surface area contributed by atoms with Crippen molar-refractivity contribution < 1.29 is 21.9 Å². The number of aliphatic hydroxyl groups is 1. The Labute approximate surface area is 41.6 Å². The van der Waals surface area contributed by atoms with E-state index in [1.165, 1.54) is 0 Å². The molecule has 0 fully saturated rings. The minimum absolute atomic E-state index is 0.